The molecule has 0 saturated carbocycles. The third-order valence-electron chi connectivity index (χ3n) is 4.91. The largest absolute Gasteiger partial charge is 0.347 e. The lowest BCUT2D eigenvalue weighted by atomic mass is 9.93. The maximum absolute atomic E-state index is 12.8. The van der Waals surface area contributed by atoms with Crippen LogP contribution in [0, 0.1) is 6.92 Å². The summed E-state index contributed by atoms with van der Waals surface area (Å²) in [5.74, 6) is 0.480. The lowest BCUT2D eigenvalue weighted by molar-refractivity contribution is 0.0773. The van der Waals surface area contributed by atoms with Crippen molar-refractivity contribution >= 4 is 5.91 Å². The van der Waals surface area contributed by atoms with Crippen molar-refractivity contribution in [2.75, 3.05) is 27.2 Å². The Kier molecular flexibility index (Phi) is 4.26. The second-order valence-corrected chi connectivity index (χ2v) is 6.76. The molecule has 0 radical (unpaired) electrons. The standard InChI is InChI=1S/C19H25N3O/c1-14-7-9-15(10-8-14)16-12-22(13-18(16)20(2)3)19(23)17-6-5-11-21(17)4/h5-11,16,18H,12-13H2,1-4H3/t16-,18+/m0/s1. The Hall–Kier alpha value is -2.07. The molecule has 0 aliphatic carbocycles. The first-order chi connectivity index (χ1) is 11.0. The number of hydrogen-bond donors (Lipinski definition) is 0. The Balaban J connectivity index is 1.85. The average molecular weight is 311 g/mol. The van der Waals surface area contributed by atoms with Gasteiger partial charge in [-0.15, -0.1) is 0 Å². The van der Waals surface area contributed by atoms with Gasteiger partial charge in [0.1, 0.15) is 5.69 Å². The number of likely N-dealkylation sites (tertiary alicyclic amines) is 1. The van der Waals surface area contributed by atoms with Crippen molar-refractivity contribution in [2.24, 2.45) is 7.05 Å². The van der Waals surface area contributed by atoms with Gasteiger partial charge in [-0.05, 0) is 38.7 Å². The van der Waals surface area contributed by atoms with Crippen molar-refractivity contribution in [1.82, 2.24) is 14.4 Å². The summed E-state index contributed by atoms with van der Waals surface area (Å²) < 4.78 is 1.90. The molecule has 2 atom stereocenters. The van der Waals surface area contributed by atoms with Gasteiger partial charge in [-0.25, -0.2) is 0 Å². The Morgan fingerprint density at radius 1 is 1.13 bits per heavy atom. The van der Waals surface area contributed by atoms with E-state index >= 15 is 0 Å². The molecule has 1 saturated heterocycles. The quantitative estimate of drug-likeness (QED) is 0.871. The first-order valence-electron chi connectivity index (χ1n) is 8.11. The topological polar surface area (TPSA) is 28.5 Å². The number of likely N-dealkylation sites (N-methyl/N-ethyl adjacent to an activating group) is 1. The summed E-state index contributed by atoms with van der Waals surface area (Å²) >= 11 is 0. The van der Waals surface area contributed by atoms with E-state index in [0.717, 1.165) is 18.8 Å². The molecule has 1 aromatic carbocycles. The van der Waals surface area contributed by atoms with Crippen LogP contribution in [0.5, 0.6) is 0 Å². The number of carbonyl (C=O) groups is 1. The molecule has 122 valence electrons. The zero-order chi connectivity index (χ0) is 16.6. The van der Waals surface area contributed by atoms with Crippen molar-refractivity contribution in [3.8, 4) is 0 Å². The minimum atomic E-state index is 0.124. The molecule has 4 nitrogen and oxygen atoms in total. The first-order valence-corrected chi connectivity index (χ1v) is 8.11. The molecule has 2 heterocycles. The van der Waals surface area contributed by atoms with Gasteiger partial charge in [0.25, 0.3) is 5.91 Å². The maximum Gasteiger partial charge on any atom is 0.270 e. The van der Waals surface area contributed by atoms with Crippen molar-refractivity contribution in [3.63, 3.8) is 0 Å². The van der Waals surface area contributed by atoms with Crippen LogP contribution >= 0.6 is 0 Å². The first kappa shape index (κ1) is 15.8. The molecule has 1 aliphatic heterocycles. The number of aromatic nitrogens is 1. The van der Waals surface area contributed by atoms with E-state index in [4.69, 9.17) is 0 Å². The van der Waals surface area contributed by atoms with E-state index in [1.165, 1.54) is 11.1 Å². The molecule has 0 N–H and O–H groups in total. The Morgan fingerprint density at radius 2 is 1.83 bits per heavy atom. The fourth-order valence-electron chi connectivity index (χ4n) is 3.46. The second-order valence-electron chi connectivity index (χ2n) is 6.76. The van der Waals surface area contributed by atoms with Crippen LogP contribution in [0.1, 0.15) is 27.5 Å². The van der Waals surface area contributed by atoms with Gasteiger partial charge >= 0.3 is 0 Å². The highest BCUT2D eigenvalue weighted by atomic mass is 16.2. The number of carbonyl (C=O) groups excluding carboxylic acids is 1. The van der Waals surface area contributed by atoms with Gasteiger partial charge in [0.05, 0.1) is 0 Å². The van der Waals surface area contributed by atoms with Gasteiger partial charge < -0.3 is 14.4 Å². The van der Waals surface area contributed by atoms with Crippen molar-refractivity contribution in [2.45, 2.75) is 18.9 Å². The highest BCUT2D eigenvalue weighted by Crippen LogP contribution is 2.31. The third-order valence-corrected chi connectivity index (χ3v) is 4.91. The third kappa shape index (κ3) is 3.04. The molecule has 1 fully saturated rings. The van der Waals surface area contributed by atoms with E-state index in [1.54, 1.807) is 0 Å². The predicted octanol–water partition coefficient (Wildman–Crippen LogP) is 2.50. The molecular weight excluding hydrogens is 286 g/mol. The monoisotopic (exact) mass is 311 g/mol. The zero-order valence-electron chi connectivity index (χ0n) is 14.4. The van der Waals surface area contributed by atoms with Crippen LogP contribution in [0.2, 0.25) is 0 Å². The Labute approximate surface area is 138 Å². The summed E-state index contributed by atoms with van der Waals surface area (Å²) in [6, 6.07) is 12.9. The molecule has 0 unspecified atom stereocenters. The molecule has 1 amide bonds. The fraction of sp³-hybridized carbons (Fsp3) is 0.421. The molecular formula is C19H25N3O. The average Bonchev–Trinajstić information content (AvgIpc) is 3.14. The summed E-state index contributed by atoms with van der Waals surface area (Å²) in [7, 11) is 6.12. The smallest absolute Gasteiger partial charge is 0.270 e. The molecule has 4 heteroatoms. The molecule has 0 spiro atoms. The van der Waals surface area contributed by atoms with E-state index in [9.17, 15) is 4.79 Å². The van der Waals surface area contributed by atoms with Crippen LogP contribution in [-0.4, -0.2) is 53.5 Å². The molecule has 0 bridgehead atoms. The summed E-state index contributed by atoms with van der Waals surface area (Å²) in [6.07, 6.45) is 1.92. The number of amides is 1. The van der Waals surface area contributed by atoms with E-state index in [0.29, 0.717) is 12.0 Å². The molecule has 3 rings (SSSR count). The number of rotatable bonds is 3. The molecule has 1 aromatic heterocycles. The van der Waals surface area contributed by atoms with Gasteiger partial charge in [-0.2, -0.15) is 0 Å². The van der Waals surface area contributed by atoms with Crippen molar-refractivity contribution in [3.05, 3.63) is 59.4 Å². The van der Waals surface area contributed by atoms with Gasteiger partial charge in [-0.1, -0.05) is 29.8 Å². The van der Waals surface area contributed by atoms with E-state index in [-0.39, 0.29) is 5.91 Å². The summed E-state index contributed by atoms with van der Waals surface area (Å²) in [5, 5.41) is 0. The number of nitrogens with zero attached hydrogens (tertiary/aromatic N) is 3. The molecule has 2 aromatic rings. The number of benzene rings is 1. The van der Waals surface area contributed by atoms with E-state index in [1.807, 2.05) is 34.8 Å². The van der Waals surface area contributed by atoms with E-state index < -0.39 is 0 Å². The predicted molar refractivity (Wildman–Crippen MR) is 92.7 cm³/mol. The number of hydrogen-bond acceptors (Lipinski definition) is 2. The van der Waals surface area contributed by atoms with Crippen molar-refractivity contribution < 1.29 is 4.79 Å². The Morgan fingerprint density at radius 3 is 2.39 bits per heavy atom. The van der Waals surface area contributed by atoms with Gasteiger partial charge in [0, 0.05) is 38.3 Å². The summed E-state index contributed by atoms with van der Waals surface area (Å²) in [6.45, 7) is 3.65. The van der Waals surface area contributed by atoms with Crippen LogP contribution in [0.3, 0.4) is 0 Å². The van der Waals surface area contributed by atoms with Gasteiger partial charge in [-0.3, -0.25) is 4.79 Å². The molecule has 23 heavy (non-hydrogen) atoms. The minimum absolute atomic E-state index is 0.124. The van der Waals surface area contributed by atoms with Crippen LogP contribution in [0.4, 0.5) is 0 Å². The zero-order valence-corrected chi connectivity index (χ0v) is 14.4. The SMILES string of the molecule is Cc1ccc([C@@H]2CN(C(=O)c3cccn3C)C[C@H]2N(C)C)cc1. The normalized spacial score (nSPS) is 21.2. The van der Waals surface area contributed by atoms with Crippen LogP contribution < -0.4 is 0 Å². The van der Waals surface area contributed by atoms with Gasteiger partial charge in [0.2, 0.25) is 0 Å². The van der Waals surface area contributed by atoms with Gasteiger partial charge in [0.15, 0.2) is 0 Å². The highest BCUT2D eigenvalue weighted by molar-refractivity contribution is 5.93. The minimum Gasteiger partial charge on any atom is -0.347 e. The highest BCUT2D eigenvalue weighted by Gasteiger charge is 2.37. The lowest BCUT2D eigenvalue weighted by Crippen LogP contribution is -2.36. The molecule has 1 aliphatic rings. The number of aryl methyl sites for hydroxylation is 2. The van der Waals surface area contributed by atoms with Crippen molar-refractivity contribution in [1.29, 1.82) is 0 Å². The summed E-state index contributed by atoms with van der Waals surface area (Å²) in [5.41, 5.74) is 3.34. The van der Waals surface area contributed by atoms with Crippen LogP contribution in [0.15, 0.2) is 42.6 Å². The van der Waals surface area contributed by atoms with Crippen LogP contribution in [0.25, 0.3) is 0 Å². The Bertz CT molecular complexity index is 687. The maximum atomic E-state index is 12.8. The fourth-order valence-corrected chi connectivity index (χ4v) is 3.46. The van der Waals surface area contributed by atoms with Crippen LogP contribution in [-0.2, 0) is 7.05 Å². The lowest BCUT2D eigenvalue weighted by Gasteiger charge is -2.25. The summed E-state index contributed by atoms with van der Waals surface area (Å²) in [4.78, 5) is 17.0. The second kappa shape index (κ2) is 6.20. The van der Waals surface area contributed by atoms with E-state index in [2.05, 4.69) is 50.2 Å².